The highest BCUT2D eigenvalue weighted by Gasteiger charge is 2.13. The standard InChI is InChI=1S/C27H23N3O/c1-19-10-12-21(13-11-19)17-30-18-23(25-8-3-4-9-26(25)30)15-22(16-28)27(31)29-24-7-5-6-20(2)14-24/h3-15,18H,17H2,1-2H3,(H,29,31)/b22-15+. The van der Waals surface area contributed by atoms with Crippen LogP contribution in [0, 0.1) is 25.2 Å². The lowest BCUT2D eigenvalue weighted by Crippen LogP contribution is -2.13. The maximum absolute atomic E-state index is 12.7. The van der Waals surface area contributed by atoms with E-state index in [2.05, 4.69) is 53.2 Å². The van der Waals surface area contributed by atoms with Gasteiger partial charge in [0.2, 0.25) is 0 Å². The number of benzene rings is 3. The molecule has 0 fully saturated rings. The van der Waals surface area contributed by atoms with Crippen LogP contribution in [0.4, 0.5) is 5.69 Å². The van der Waals surface area contributed by atoms with Gasteiger partial charge in [0, 0.05) is 34.9 Å². The number of amides is 1. The number of hydrogen-bond acceptors (Lipinski definition) is 2. The lowest BCUT2D eigenvalue weighted by molar-refractivity contribution is -0.112. The van der Waals surface area contributed by atoms with Gasteiger partial charge in [-0.1, -0.05) is 60.2 Å². The largest absolute Gasteiger partial charge is 0.342 e. The summed E-state index contributed by atoms with van der Waals surface area (Å²) < 4.78 is 2.15. The van der Waals surface area contributed by atoms with Gasteiger partial charge in [-0.3, -0.25) is 4.79 Å². The third-order valence-corrected chi connectivity index (χ3v) is 5.23. The van der Waals surface area contributed by atoms with Crippen LogP contribution in [0.5, 0.6) is 0 Å². The monoisotopic (exact) mass is 405 g/mol. The molecule has 0 spiro atoms. The minimum Gasteiger partial charge on any atom is -0.342 e. The van der Waals surface area contributed by atoms with E-state index < -0.39 is 5.91 Å². The summed E-state index contributed by atoms with van der Waals surface area (Å²) in [6.45, 7) is 4.74. The van der Waals surface area contributed by atoms with Gasteiger partial charge in [-0.15, -0.1) is 0 Å². The molecule has 4 aromatic rings. The number of fused-ring (bicyclic) bond motifs is 1. The summed E-state index contributed by atoms with van der Waals surface area (Å²) in [5.41, 5.74) is 6.11. The van der Waals surface area contributed by atoms with Gasteiger partial charge in [0.25, 0.3) is 5.91 Å². The summed E-state index contributed by atoms with van der Waals surface area (Å²) in [5, 5.41) is 13.5. The number of hydrogen-bond donors (Lipinski definition) is 1. The van der Waals surface area contributed by atoms with E-state index in [0.717, 1.165) is 22.0 Å². The van der Waals surface area contributed by atoms with Crippen molar-refractivity contribution in [1.82, 2.24) is 4.57 Å². The molecule has 1 N–H and O–H groups in total. The quantitative estimate of drug-likeness (QED) is 0.334. The molecule has 0 radical (unpaired) electrons. The van der Waals surface area contributed by atoms with E-state index >= 15 is 0 Å². The number of nitrogens with zero attached hydrogens (tertiary/aromatic N) is 2. The Kier molecular flexibility index (Phi) is 5.68. The molecule has 0 unspecified atom stereocenters. The number of anilines is 1. The fourth-order valence-corrected chi connectivity index (χ4v) is 3.64. The minimum absolute atomic E-state index is 0.0692. The summed E-state index contributed by atoms with van der Waals surface area (Å²) >= 11 is 0. The average molecular weight is 406 g/mol. The van der Waals surface area contributed by atoms with Crippen molar-refractivity contribution < 1.29 is 4.79 Å². The third-order valence-electron chi connectivity index (χ3n) is 5.23. The number of aromatic nitrogens is 1. The first-order valence-corrected chi connectivity index (χ1v) is 10.2. The van der Waals surface area contributed by atoms with Crippen molar-refractivity contribution in [2.45, 2.75) is 20.4 Å². The summed E-state index contributed by atoms with van der Waals surface area (Å²) in [6, 6.07) is 26.1. The Labute approximate surface area is 182 Å². The second kappa shape index (κ2) is 8.73. The van der Waals surface area contributed by atoms with Crippen LogP contribution in [0.25, 0.3) is 17.0 Å². The van der Waals surface area contributed by atoms with Crippen molar-refractivity contribution in [3.05, 3.63) is 107 Å². The number of carbonyl (C=O) groups is 1. The van der Waals surface area contributed by atoms with Gasteiger partial charge in [0.05, 0.1) is 0 Å². The van der Waals surface area contributed by atoms with E-state index in [-0.39, 0.29) is 5.57 Å². The van der Waals surface area contributed by atoms with Gasteiger partial charge < -0.3 is 9.88 Å². The molecule has 0 aliphatic heterocycles. The van der Waals surface area contributed by atoms with Crippen LogP contribution in [0.15, 0.2) is 84.6 Å². The predicted octanol–water partition coefficient (Wildman–Crippen LogP) is 5.85. The van der Waals surface area contributed by atoms with Gasteiger partial charge in [-0.2, -0.15) is 5.26 Å². The van der Waals surface area contributed by atoms with Crippen LogP contribution >= 0.6 is 0 Å². The fraction of sp³-hybridized carbons (Fsp3) is 0.111. The van der Waals surface area contributed by atoms with Gasteiger partial charge in [0.1, 0.15) is 11.6 Å². The zero-order chi connectivity index (χ0) is 21.8. The molecule has 0 saturated carbocycles. The van der Waals surface area contributed by atoms with Crippen molar-refractivity contribution in [3.63, 3.8) is 0 Å². The molecular formula is C27H23N3O. The van der Waals surface area contributed by atoms with E-state index in [1.165, 1.54) is 11.1 Å². The molecule has 4 rings (SSSR count). The van der Waals surface area contributed by atoms with Gasteiger partial charge in [-0.25, -0.2) is 0 Å². The average Bonchev–Trinajstić information content (AvgIpc) is 3.11. The highest BCUT2D eigenvalue weighted by atomic mass is 16.1. The molecule has 4 nitrogen and oxygen atoms in total. The topological polar surface area (TPSA) is 57.8 Å². The number of aryl methyl sites for hydroxylation is 2. The number of nitriles is 1. The first kappa shape index (κ1) is 20.2. The normalized spacial score (nSPS) is 11.3. The molecule has 31 heavy (non-hydrogen) atoms. The van der Waals surface area contributed by atoms with E-state index in [9.17, 15) is 10.1 Å². The first-order chi connectivity index (χ1) is 15.0. The molecule has 0 aliphatic carbocycles. The van der Waals surface area contributed by atoms with Gasteiger partial charge in [0.15, 0.2) is 0 Å². The van der Waals surface area contributed by atoms with Crippen LogP contribution in [-0.2, 0) is 11.3 Å². The molecule has 1 heterocycles. The van der Waals surface area contributed by atoms with Crippen molar-refractivity contribution in [3.8, 4) is 6.07 Å². The number of rotatable bonds is 5. The summed E-state index contributed by atoms with van der Waals surface area (Å²) in [7, 11) is 0. The summed E-state index contributed by atoms with van der Waals surface area (Å²) in [4.78, 5) is 12.7. The highest BCUT2D eigenvalue weighted by molar-refractivity contribution is 6.10. The van der Waals surface area contributed by atoms with Crippen molar-refractivity contribution in [2.75, 3.05) is 5.32 Å². The number of carbonyl (C=O) groups excluding carboxylic acids is 1. The molecule has 0 bridgehead atoms. The van der Waals surface area contributed by atoms with E-state index in [1.54, 1.807) is 6.08 Å². The molecule has 0 saturated heterocycles. The Hall–Kier alpha value is -4.10. The molecule has 1 amide bonds. The second-order valence-corrected chi connectivity index (χ2v) is 7.71. The predicted molar refractivity (Wildman–Crippen MR) is 126 cm³/mol. The van der Waals surface area contributed by atoms with E-state index in [0.29, 0.717) is 12.2 Å². The molecule has 152 valence electrons. The Morgan fingerprint density at radius 1 is 1.00 bits per heavy atom. The third kappa shape index (κ3) is 4.57. The molecular weight excluding hydrogens is 382 g/mol. The summed E-state index contributed by atoms with van der Waals surface area (Å²) in [6.07, 6.45) is 3.67. The van der Waals surface area contributed by atoms with E-state index in [4.69, 9.17) is 0 Å². The lowest BCUT2D eigenvalue weighted by Gasteiger charge is -2.06. The molecule has 4 heteroatoms. The lowest BCUT2D eigenvalue weighted by atomic mass is 10.1. The van der Waals surface area contributed by atoms with Gasteiger partial charge >= 0.3 is 0 Å². The molecule has 1 aromatic heterocycles. The van der Waals surface area contributed by atoms with Crippen molar-refractivity contribution in [1.29, 1.82) is 5.26 Å². The second-order valence-electron chi connectivity index (χ2n) is 7.71. The Bertz CT molecular complexity index is 1320. The van der Waals surface area contributed by atoms with Crippen LogP contribution in [0.2, 0.25) is 0 Å². The fourth-order valence-electron chi connectivity index (χ4n) is 3.64. The Balaban J connectivity index is 1.67. The molecule has 0 aliphatic rings. The minimum atomic E-state index is -0.413. The van der Waals surface area contributed by atoms with Crippen molar-refractivity contribution >= 4 is 28.6 Å². The van der Waals surface area contributed by atoms with Gasteiger partial charge in [-0.05, 0) is 49.2 Å². The van der Waals surface area contributed by atoms with Crippen LogP contribution in [-0.4, -0.2) is 10.5 Å². The summed E-state index contributed by atoms with van der Waals surface area (Å²) in [5.74, 6) is -0.413. The Morgan fingerprint density at radius 3 is 2.52 bits per heavy atom. The van der Waals surface area contributed by atoms with E-state index in [1.807, 2.05) is 55.6 Å². The smallest absolute Gasteiger partial charge is 0.266 e. The maximum atomic E-state index is 12.7. The number of nitrogens with one attached hydrogen (secondary N) is 1. The molecule has 0 atom stereocenters. The Morgan fingerprint density at radius 2 is 1.77 bits per heavy atom. The van der Waals surface area contributed by atoms with Crippen LogP contribution < -0.4 is 5.32 Å². The SMILES string of the molecule is Cc1ccc(Cn2cc(/C=C(\C#N)C(=O)Nc3cccc(C)c3)c3ccccc32)cc1. The first-order valence-electron chi connectivity index (χ1n) is 10.2. The zero-order valence-electron chi connectivity index (χ0n) is 17.6. The van der Waals surface area contributed by atoms with Crippen LogP contribution in [0.3, 0.4) is 0 Å². The van der Waals surface area contributed by atoms with Crippen molar-refractivity contribution in [2.24, 2.45) is 0 Å². The highest BCUT2D eigenvalue weighted by Crippen LogP contribution is 2.25. The number of para-hydroxylation sites is 1. The zero-order valence-corrected chi connectivity index (χ0v) is 17.6. The maximum Gasteiger partial charge on any atom is 0.266 e. The molecule has 3 aromatic carbocycles. The van der Waals surface area contributed by atoms with Crippen LogP contribution in [0.1, 0.15) is 22.3 Å².